The molecule has 0 saturated carbocycles. The molecule has 0 aliphatic carbocycles. The number of carbonyl (C=O) groups excluding carboxylic acids is 1. The van der Waals surface area contributed by atoms with Crippen molar-refractivity contribution in [2.45, 2.75) is 13.3 Å². The standard InChI is InChI=1S/C22H26N2O4/c1-16-3-2-4-17(13-16)14-19(22(26)27)15-23-21(25)18-5-7-20(8-6-18)24-9-11-28-12-10-24/h2-8,13,19H,9-12,14-15H2,1H3,(H,23,25)(H,26,27). The van der Waals surface area contributed by atoms with Gasteiger partial charge in [-0.1, -0.05) is 29.8 Å². The van der Waals surface area contributed by atoms with Crippen LogP contribution in [0.3, 0.4) is 0 Å². The van der Waals surface area contributed by atoms with E-state index in [0.29, 0.717) is 25.2 Å². The molecular weight excluding hydrogens is 356 g/mol. The van der Waals surface area contributed by atoms with E-state index in [2.05, 4.69) is 10.2 Å². The summed E-state index contributed by atoms with van der Waals surface area (Å²) in [5.74, 6) is -1.84. The summed E-state index contributed by atoms with van der Waals surface area (Å²) in [4.78, 5) is 26.2. The molecule has 0 radical (unpaired) electrons. The maximum absolute atomic E-state index is 12.4. The largest absolute Gasteiger partial charge is 0.481 e. The lowest BCUT2D eigenvalue weighted by molar-refractivity contribution is -0.141. The Kier molecular flexibility index (Phi) is 6.66. The van der Waals surface area contributed by atoms with Gasteiger partial charge in [0.25, 0.3) is 5.91 Å². The summed E-state index contributed by atoms with van der Waals surface area (Å²) in [6.45, 7) is 5.16. The van der Waals surface area contributed by atoms with Crippen molar-refractivity contribution in [2.75, 3.05) is 37.7 Å². The normalized spacial score (nSPS) is 15.1. The summed E-state index contributed by atoms with van der Waals surface area (Å²) in [6, 6.07) is 15.2. The molecule has 3 rings (SSSR count). The summed E-state index contributed by atoms with van der Waals surface area (Å²) in [7, 11) is 0. The number of carboxylic acids is 1. The fourth-order valence-electron chi connectivity index (χ4n) is 3.33. The summed E-state index contributed by atoms with van der Waals surface area (Å²) >= 11 is 0. The van der Waals surface area contributed by atoms with Crippen molar-refractivity contribution in [3.05, 3.63) is 65.2 Å². The van der Waals surface area contributed by atoms with Gasteiger partial charge in [-0.25, -0.2) is 0 Å². The SMILES string of the molecule is Cc1cccc(CC(CNC(=O)c2ccc(N3CCOCC3)cc2)C(=O)O)c1. The van der Waals surface area contributed by atoms with Crippen molar-refractivity contribution >= 4 is 17.6 Å². The van der Waals surface area contributed by atoms with Gasteiger partial charge in [-0.15, -0.1) is 0 Å². The first-order chi connectivity index (χ1) is 13.5. The maximum atomic E-state index is 12.4. The number of hydrogen-bond acceptors (Lipinski definition) is 4. The average molecular weight is 382 g/mol. The molecule has 0 spiro atoms. The Hall–Kier alpha value is -2.86. The second-order valence-electron chi connectivity index (χ2n) is 7.08. The Balaban J connectivity index is 1.57. The van der Waals surface area contributed by atoms with E-state index in [1.807, 2.05) is 43.3 Å². The van der Waals surface area contributed by atoms with Gasteiger partial charge in [-0.05, 0) is 43.2 Å². The molecular formula is C22H26N2O4. The predicted octanol–water partition coefficient (Wildman–Crippen LogP) is 2.50. The third kappa shape index (κ3) is 5.33. The molecule has 1 aliphatic rings. The summed E-state index contributed by atoms with van der Waals surface area (Å²) < 4.78 is 5.35. The van der Waals surface area contributed by atoms with E-state index < -0.39 is 11.9 Å². The van der Waals surface area contributed by atoms with Gasteiger partial charge in [0, 0.05) is 30.9 Å². The maximum Gasteiger partial charge on any atom is 0.308 e. The molecule has 1 aliphatic heterocycles. The fraction of sp³-hybridized carbons (Fsp3) is 0.364. The Labute approximate surface area is 165 Å². The molecule has 28 heavy (non-hydrogen) atoms. The molecule has 6 nitrogen and oxygen atoms in total. The van der Waals surface area contributed by atoms with Gasteiger partial charge in [-0.2, -0.15) is 0 Å². The number of nitrogens with zero attached hydrogens (tertiary/aromatic N) is 1. The van der Waals surface area contributed by atoms with Crippen molar-refractivity contribution in [3.8, 4) is 0 Å². The minimum Gasteiger partial charge on any atom is -0.481 e. The number of benzene rings is 2. The van der Waals surface area contributed by atoms with E-state index in [0.717, 1.165) is 29.9 Å². The van der Waals surface area contributed by atoms with Gasteiger partial charge in [0.15, 0.2) is 0 Å². The predicted molar refractivity (Wildman–Crippen MR) is 108 cm³/mol. The number of ether oxygens (including phenoxy) is 1. The Morgan fingerprint density at radius 1 is 1.14 bits per heavy atom. The lowest BCUT2D eigenvalue weighted by Crippen LogP contribution is -2.36. The van der Waals surface area contributed by atoms with Gasteiger partial charge in [-0.3, -0.25) is 9.59 Å². The van der Waals surface area contributed by atoms with E-state index in [1.54, 1.807) is 12.1 Å². The fourth-order valence-corrected chi connectivity index (χ4v) is 3.33. The Morgan fingerprint density at radius 3 is 2.50 bits per heavy atom. The number of aliphatic carboxylic acids is 1. The third-order valence-electron chi connectivity index (χ3n) is 4.93. The van der Waals surface area contributed by atoms with Crippen molar-refractivity contribution in [2.24, 2.45) is 5.92 Å². The monoisotopic (exact) mass is 382 g/mol. The zero-order valence-electron chi connectivity index (χ0n) is 16.1. The van der Waals surface area contributed by atoms with Gasteiger partial charge in [0.2, 0.25) is 0 Å². The van der Waals surface area contributed by atoms with Crippen LogP contribution in [0.25, 0.3) is 0 Å². The lowest BCUT2D eigenvalue weighted by Gasteiger charge is -2.28. The number of carbonyl (C=O) groups is 2. The van der Waals surface area contributed by atoms with Crippen molar-refractivity contribution in [3.63, 3.8) is 0 Å². The summed E-state index contributed by atoms with van der Waals surface area (Å²) in [5.41, 5.74) is 3.63. The van der Waals surface area contributed by atoms with Gasteiger partial charge in [0.05, 0.1) is 19.1 Å². The highest BCUT2D eigenvalue weighted by atomic mass is 16.5. The molecule has 0 bridgehead atoms. The van der Waals surface area contributed by atoms with Crippen LogP contribution in [0.5, 0.6) is 0 Å². The highest BCUT2D eigenvalue weighted by Crippen LogP contribution is 2.17. The van der Waals surface area contributed by atoms with E-state index in [9.17, 15) is 14.7 Å². The van der Waals surface area contributed by atoms with E-state index in [-0.39, 0.29) is 12.5 Å². The highest BCUT2D eigenvalue weighted by molar-refractivity contribution is 5.94. The second-order valence-corrected chi connectivity index (χ2v) is 7.08. The molecule has 1 atom stereocenters. The van der Waals surface area contributed by atoms with Crippen LogP contribution in [0.2, 0.25) is 0 Å². The van der Waals surface area contributed by atoms with Crippen LogP contribution in [0.4, 0.5) is 5.69 Å². The molecule has 148 valence electrons. The smallest absolute Gasteiger partial charge is 0.308 e. The van der Waals surface area contributed by atoms with E-state index in [1.165, 1.54) is 0 Å². The number of amides is 1. The van der Waals surface area contributed by atoms with Gasteiger partial charge >= 0.3 is 5.97 Å². The highest BCUT2D eigenvalue weighted by Gasteiger charge is 2.20. The second kappa shape index (κ2) is 9.37. The molecule has 2 aromatic carbocycles. The van der Waals surface area contributed by atoms with Crippen LogP contribution in [-0.2, 0) is 16.0 Å². The van der Waals surface area contributed by atoms with Crippen molar-refractivity contribution < 1.29 is 19.4 Å². The topological polar surface area (TPSA) is 78.9 Å². The summed E-state index contributed by atoms with van der Waals surface area (Å²) in [5, 5.41) is 12.3. The molecule has 1 fully saturated rings. The Bertz CT molecular complexity index is 814. The van der Waals surface area contributed by atoms with E-state index in [4.69, 9.17) is 4.74 Å². The molecule has 1 saturated heterocycles. The molecule has 2 aromatic rings. The van der Waals surface area contributed by atoms with Crippen LogP contribution in [-0.4, -0.2) is 49.8 Å². The zero-order valence-corrected chi connectivity index (χ0v) is 16.1. The van der Waals surface area contributed by atoms with Crippen LogP contribution in [0.15, 0.2) is 48.5 Å². The van der Waals surface area contributed by atoms with Gasteiger partial charge in [0.1, 0.15) is 0 Å². The van der Waals surface area contributed by atoms with Gasteiger partial charge < -0.3 is 20.1 Å². The first kappa shape index (κ1) is 19.9. The number of rotatable bonds is 7. The minimum absolute atomic E-state index is 0.0906. The van der Waals surface area contributed by atoms with Crippen LogP contribution in [0.1, 0.15) is 21.5 Å². The Morgan fingerprint density at radius 2 is 1.86 bits per heavy atom. The number of hydrogen-bond donors (Lipinski definition) is 2. The minimum atomic E-state index is -0.913. The third-order valence-corrected chi connectivity index (χ3v) is 4.93. The molecule has 6 heteroatoms. The average Bonchev–Trinajstić information content (AvgIpc) is 2.71. The molecule has 1 heterocycles. The summed E-state index contributed by atoms with van der Waals surface area (Å²) in [6.07, 6.45) is 0.382. The molecule has 1 unspecified atom stereocenters. The lowest BCUT2D eigenvalue weighted by atomic mass is 9.98. The molecule has 0 aromatic heterocycles. The molecule has 2 N–H and O–H groups in total. The number of aryl methyl sites for hydroxylation is 1. The molecule has 1 amide bonds. The van der Waals surface area contributed by atoms with Crippen LogP contribution in [0, 0.1) is 12.8 Å². The van der Waals surface area contributed by atoms with E-state index >= 15 is 0 Å². The van der Waals surface area contributed by atoms with Crippen molar-refractivity contribution in [1.29, 1.82) is 0 Å². The quantitative estimate of drug-likeness (QED) is 0.769. The first-order valence-corrected chi connectivity index (χ1v) is 9.52. The van der Waals surface area contributed by atoms with Crippen LogP contribution >= 0.6 is 0 Å². The first-order valence-electron chi connectivity index (χ1n) is 9.52. The number of anilines is 1. The van der Waals surface area contributed by atoms with Crippen molar-refractivity contribution in [1.82, 2.24) is 5.32 Å². The number of nitrogens with one attached hydrogen (secondary N) is 1. The number of carboxylic acid groups (broad SMARTS) is 1. The zero-order chi connectivity index (χ0) is 19.9. The number of morpholine rings is 1. The van der Waals surface area contributed by atoms with Crippen LogP contribution < -0.4 is 10.2 Å².